The van der Waals surface area contributed by atoms with Gasteiger partial charge in [-0.2, -0.15) is 0 Å². The summed E-state index contributed by atoms with van der Waals surface area (Å²) >= 11 is 7.21. The molecule has 3 aromatic carbocycles. The highest BCUT2D eigenvalue weighted by Gasteiger charge is 2.50. The molecule has 0 spiro atoms. The molecule has 2 aliphatic rings. The van der Waals surface area contributed by atoms with E-state index in [1.165, 1.54) is 23.2 Å². The highest BCUT2D eigenvalue weighted by Crippen LogP contribution is 2.51. The second kappa shape index (κ2) is 9.50. The predicted molar refractivity (Wildman–Crippen MR) is 147 cm³/mol. The van der Waals surface area contributed by atoms with E-state index in [4.69, 9.17) is 0 Å². The number of para-hydroxylation sites is 1. The third-order valence-corrected chi connectivity index (χ3v) is 8.53. The van der Waals surface area contributed by atoms with Crippen LogP contribution in [0.5, 0.6) is 0 Å². The Balaban J connectivity index is 1.71. The van der Waals surface area contributed by atoms with Gasteiger partial charge in [-0.3, -0.25) is 0 Å². The molecule has 0 N–H and O–H groups in total. The number of aldehydes is 1. The van der Waals surface area contributed by atoms with E-state index in [1.54, 1.807) is 0 Å². The van der Waals surface area contributed by atoms with Gasteiger partial charge in [0.15, 0.2) is 0 Å². The first kappa shape index (κ1) is 23.6. The van der Waals surface area contributed by atoms with Gasteiger partial charge in [0, 0.05) is 44.7 Å². The highest BCUT2D eigenvalue weighted by molar-refractivity contribution is 9.10. The van der Waals surface area contributed by atoms with E-state index in [1.807, 2.05) is 0 Å². The van der Waals surface area contributed by atoms with Crippen molar-refractivity contribution < 1.29 is 4.79 Å². The van der Waals surface area contributed by atoms with Crippen molar-refractivity contribution in [3.8, 4) is 0 Å². The van der Waals surface area contributed by atoms with Crippen LogP contribution in [-0.4, -0.2) is 18.9 Å². The summed E-state index contributed by atoms with van der Waals surface area (Å²) < 4.78 is 2.14. The minimum absolute atomic E-state index is 0.0270. The molecule has 0 radical (unpaired) electrons. The van der Waals surface area contributed by atoms with Crippen molar-refractivity contribution in [1.29, 1.82) is 0 Å². The number of rotatable bonds is 4. The van der Waals surface area contributed by atoms with Gasteiger partial charge in [-0.25, -0.2) is 0 Å². The highest BCUT2D eigenvalue weighted by atomic mass is 79.9. The van der Waals surface area contributed by atoms with Crippen molar-refractivity contribution >= 4 is 49.5 Å². The van der Waals surface area contributed by atoms with Crippen LogP contribution < -0.4 is 9.80 Å². The Labute approximate surface area is 219 Å². The van der Waals surface area contributed by atoms with Crippen LogP contribution in [-0.2, 0) is 4.79 Å². The quantitative estimate of drug-likeness (QED) is 0.293. The average Bonchev–Trinajstić information content (AvgIpc) is 2.83. The average molecular weight is 582 g/mol. The zero-order valence-corrected chi connectivity index (χ0v) is 22.7. The molecule has 1 saturated heterocycles. The fourth-order valence-electron chi connectivity index (χ4n) is 6.03. The largest absolute Gasteiger partial charge is 0.347 e. The molecule has 0 bridgehead atoms. The van der Waals surface area contributed by atoms with Crippen molar-refractivity contribution in [3.63, 3.8) is 0 Å². The number of halogens is 2. The van der Waals surface area contributed by atoms with Crippen LogP contribution in [0.3, 0.4) is 0 Å². The number of anilines is 2. The first-order valence-corrected chi connectivity index (χ1v) is 13.5. The normalized spacial score (nSPS) is 26.1. The van der Waals surface area contributed by atoms with Crippen molar-refractivity contribution in [2.24, 2.45) is 17.3 Å². The van der Waals surface area contributed by atoms with Crippen LogP contribution in [0.25, 0.3) is 0 Å². The maximum absolute atomic E-state index is 12.4. The summed E-state index contributed by atoms with van der Waals surface area (Å²) in [5.74, 6) is 0.310. The number of hydrogen-bond acceptors (Lipinski definition) is 3. The molecule has 34 heavy (non-hydrogen) atoms. The van der Waals surface area contributed by atoms with Gasteiger partial charge in [0.2, 0.25) is 0 Å². The molecule has 5 rings (SSSR count). The predicted octanol–water partition coefficient (Wildman–Crippen LogP) is 7.86. The zero-order valence-electron chi connectivity index (χ0n) is 19.6. The Bertz CT molecular complexity index is 1130. The van der Waals surface area contributed by atoms with Gasteiger partial charge in [0.05, 0.1) is 0 Å². The van der Waals surface area contributed by atoms with Gasteiger partial charge in [-0.15, -0.1) is 0 Å². The van der Waals surface area contributed by atoms with Crippen LogP contribution in [0.1, 0.15) is 38.4 Å². The van der Waals surface area contributed by atoms with Gasteiger partial charge >= 0.3 is 0 Å². The second-order valence-corrected chi connectivity index (χ2v) is 12.2. The van der Waals surface area contributed by atoms with Crippen LogP contribution in [0, 0.1) is 17.3 Å². The summed E-state index contributed by atoms with van der Waals surface area (Å²) in [5, 5.41) is 0. The molecule has 3 aromatic rings. The number of nitrogens with zero attached hydrogens (tertiary/aromatic N) is 2. The lowest BCUT2D eigenvalue weighted by atomic mass is 9.63. The SMILES string of the molecule is CC1(C)CC(C=O)C2CN(c3ccc(Br)cc3)C(c3ccc(Br)cc3)N(c3ccccc3)C2C1. The summed E-state index contributed by atoms with van der Waals surface area (Å²) in [7, 11) is 0. The molecule has 1 aliphatic heterocycles. The lowest BCUT2D eigenvalue weighted by molar-refractivity contribution is -0.115. The minimum Gasteiger partial charge on any atom is -0.347 e. The smallest absolute Gasteiger partial charge is 0.128 e. The molecule has 2 fully saturated rings. The topological polar surface area (TPSA) is 23.6 Å². The lowest BCUT2D eigenvalue weighted by Gasteiger charge is -2.59. The molecule has 176 valence electrons. The first-order chi connectivity index (χ1) is 16.4. The summed E-state index contributed by atoms with van der Waals surface area (Å²) in [4.78, 5) is 17.5. The molecule has 1 aliphatic carbocycles. The Morgan fingerprint density at radius 2 is 1.44 bits per heavy atom. The first-order valence-electron chi connectivity index (χ1n) is 11.9. The molecule has 1 heterocycles. The van der Waals surface area contributed by atoms with Crippen LogP contribution in [0.4, 0.5) is 11.4 Å². The third kappa shape index (κ3) is 4.57. The van der Waals surface area contributed by atoms with Gasteiger partial charge in [0.1, 0.15) is 12.5 Å². The Morgan fingerprint density at radius 1 is 0.824 bits per heavy atom. The third-order valence-electron chi connectivity index (χ3n) is 7.47. The van der Waals surface area contributed by atoms with E-state index in [-0.39, 0.29) is 29.5 Å². The van der Waals surface area contributed by atoms with Crippen molar-refractivity contribution in [3.05, 3.63) is 93.4 Å². The molecule has 1 saturated carbocycles. The van der Waals surface area contributed by atoms with Crippen molar-refractivity contribution in [2.45, 2.75) is 38.9 Å². The van der Waals surface area contributed by atoms with Gasteiger partial charge in [-0.05, 0) is 72.4 Å². The minimum atomic E-state index is 0.0270. The summed E-state index contributed by atoms with van der Waals surface area (Å²) in [6.07, 6.45) is 3.26. The van der Waals surface area contributed by atoms with E-state index >= 15 is 0 Å². The van der Waals surface area contributed by atoms with Crippen LogP contribution >= 0.6 is 31.9 Å². The molecular weight excluding hydrogens is 552 g/mol. The monoisotopic (exact) mass is 580 g/mol. The Kier molecular flexibility index (Phi) is 6.60. The van der Waals surface area contributed by atoms with E-state index in [0.717, 1.165) is 28.3 Å². The van der Waals surface area contributed by atoms with E-state index in [0.29, 0.717) is 0 Å². The van der Waals surface area contributed by atoms with E-state index in [2.05, 4.69) is 134 Å². The molecule has 0 aromatic heterocycles. The fraction of sp³-hybridized carbons (Fsp3) is 0.345. The standard InChI is InChI=1S/C29H30Br2N2O/c1-29(2)16-21(19-34)26-18-32(24-14-12-23(31)13-15-24)28(20-8-10-22(30)11-9-20)33(27(26)17-29)25-6-4-3-5-7-25/h3-15,19,21,26-28H,16-18H2,1-2H3. The summed E-state index contributed by atoms with van der Waals surface area (Å²) in [5.41, 5.74) is 3.74. The Morgan fingerprint density at radius 3 is 2.06 bits per heavy atom. The lowest BCUT2D eigenvalue weighted by Crippen LogP contribution is -2.62. The van der Waals surface area contributed by atoms with Gasteiger partial charge in [0.25, 0.3) is 0 Å². The summed E-state index contributed by atoms with van der Waals surface area (Å²) in [6.45, 7) is 5.49. The fourth-order valence-corrected chi connectivity index (χ4v) is 6.56. The van der Waals surface area contributed by atoms with Gasteiger partial charge in [-0.1, -0.05) is 76.0 Å². The molecule has 0 amide bonds. The molecule has 3 nitrogen and oxygen atoms in total. The van der Waals surface area contributed by atoms with Crippen molar-refractivity contribution in [2.75, 3.05) is 16.3 Å². The maximum Gasteiger partial charge on any atom is 0.128 e. The zero-order chi connectivity index (χ0) is 23.9. The van der Waals surface area contributed by atoms with E-state index in [9.17, 15) is 4.79 Å². The number of benzene rings is 3. The molecule has 4 atom stereocenters. The number of hydrogen-bond donors (Lipinski definition) is 0. The maximum atomic E-state index is 12.4. The molecule has 5 heteroatoms. The molecule has 4 unspecified atom stereocenters. The Hall–Kier alpha value is -2.11. The van der Waals surface area contributed by atoms with Crippen molar-refractivity contribution in [1.82, 2.24) is 0 Å². The van der Waals surface area contributed by atoms with Gasteiger partial charge < -0.3 is 14.6 Å². The van der Waals surface area contributed by atoms with Crippen LogP contribution in [0.15, 0.2) is 87.8 Å². The van der Waals surface area contributed by atoms with E-state index < -0.39 is 0 Å². The summed E-state index contributed by atoms with van der Waals surface area (Å²) in [6, 6.07) is 28.3. The molecular formula is C29H30Br2N2O. The number of carbonyl (C=O) groups is 1. The number of carbonyl (C=O) groups excluding carboxylic acids is 1. The van der Waals surface area contributed by atoms with Crippen LogP contribution in [0.2, 0.25) is 0 Å². The number of fused-ring (bicyclic) bond motifs is 1. The second-order valence-electron chi connectivity index (χ2n) is 10.4.